The van der Waals surface area contributed by atoms with Crippen LogP contribution in [0.2, 0.25) is 0 Å². The fourth-order valence-corrected chi connectivity index (χ4v) is 7.49. The van der Waals surface area contributed by atoms with Crippen molar-refractivity contribution in [1.82, 2.24) is 19.0 Å². The number of nitrogens with one attached hydrogen (secondary N) is 2. The van der Waals surface area contributed by atoms with Gasteiger partial charge in [-0.15, -0.1) is 0 Å². The van der Waals surface area contributed by atoms with E-state index >= 15 is 4.39 Å². The molecule has 2 aromatic carbocycles. The molecular weight excluding hydrogens is 643 g/mol. The maximum Gasteiger partial charge on any atom is 0.341 e. The highest BCUT2D eigenvalue weighted by Gasteiger charge is 2.41. The molecule has 2 saturated heterocycles. The minimum atomic E-state index is -1.31. The Balaban J connectivity index is 0.964. The van der Waals surface area contributed by atoms with Crippen molar-refractivity contribution >= 4 is 34.1 Å². The minimum Gasteiger partial charge on any atom is -0.477 e. The molecule has 2 aromatic heterocycles. The van der Waals surface area contributed by atoms with Gasteiger partial charge in [0, 0.05) is 55.6 Å². The van der Waals surface area contributed by atoms with Crippen molar-refractivity contribution in [2.45, 2.75) is 77.1 Å². The molecule has 0 spiro atoms. The molecule has 1 aliphatic carbocycles. The highest BCUT2D eigenvalue weighted by Crippen LogP contribution is 2.39. The van der Waals surface area contributed by atoms with Crippen LogP contribution in [0.25, 0.3) is 10.9 Å². The SMILES string of the molecule is CCc1cc(Nc2cc(=O)n(CCCCCN3CCOC4CN(c5cc6c(cc5F)c(=O)c(C(=O)O)cn6C5CC5)CC43)c(=O)[nH]2)ccc1C. The lowest BCUT2D eigenvalue weighted by molar-refractivity contribution is -0.0469. The molecule has 50 heavy (non-hydrogen) atoms. The maximum absolute atomic E-state index is 15.6. The van der Waals surface area contributed by atoms with Gasteiger partial charge >= 0.3 is 11.7 Å². The van der Waals surface area contributed by atoms with Gasteiger partial charge in [0.2, 0.25) is 5.43 Å². The third-order valence-corrected chi connectivity index (χ3v) is 10.4. The summed E-state index contributed by atoms with van der Waals surface area (Å²) in [5.41, 5.74) is 2.32. The topological polar surface area (TPSA) is 142 Å². The van der Waals surface area contributed by atoms with Crippen molar-refractivity contribution in [3.63, 3.8) is 0 Å². The Labute approximate surface area is 288 Å². The molecule has 2 aliphatic heterocycles. The van der Waals surface area contributed by atoms with Crippen LogP contribution in [0.1, 0.15) is 66.6 Å². The van der Waals surface area contributed by atoms with Crippen LogP contribution >= 0.6 is 0 Å². The number of morpholine rings is 1. The van der Waals surface area contributed by atoms with E-state index in [0.29, 0.717) is 49.7 Å². The zero-order valence-corrected chi connectivity index (χ0v) is 28.4. The number of benzene rings is 2. The predicted molar refractivity (Wildman–Crippen MR) is 190 cm³/mol. The number of unbranched alkanes of at least 4 members (excludes halogenated alkanes) is 2. The Bertz CT molecular complexity index is 2090. The molecule has 4 aromatic rings. The number of carboxylic acids is 1. The molecule has 1 saturated carbocycles. The average Bonchev–Trinajstić information content (AvgIpc) is 3.84. The van der Waals surface area contributed by atoms with Crippen molar-refractivity contribution in [1.29, 1.82) is 0 Å². The Morgan fingerprint density at radius 1 is 1.06 bits per heavy atom. The van der Waals surface area contributed by atoms with Gasteiger partial charge in [0.1, 0.15) is 17.2 Å². The maximum atomic E-state index is 15.6. The summed E-state index contributed by atoms with van der Waals surface area (Å²) in [6.07, 6.45) is 6.31. The third-order valence-electron chi connectivity index (χ3n) is 10.4. The first kappa shape index (κ1) is 33.7. The third kappa shape index (κ3) is 6.71. The Morgan fingerprint density at radius 2 is 1.86 bits per heavy atom. The summed E-state index contributed by atoms with van der Waals surface area (Å²) in [5.74, 6) is -1.51. The lowest BCUT2D eigenvalue weighted by Crippen LogP contribution is -2.50. The van der Waals surface area contributed by atoms with Gasteiger partial charge in [-0.2, -0.15) is 0 Å². The van der Waals surface area contributed by atoms with Crippen LogP contribution < -0.4 is 26.9 Å². The summed E-state index contributed by atoms with van der Waals surface area (Å²) in [6.45, 7) is 7.66. The average molecular weight is 687 g/mol. The van der Waals surface area contributed by atoms with Crippen molar-refractivity contribution in [3.8, 4) is 0 Å². The highest BCUT2D eigenvalue weighted by molar-refractivity contribution is 5.93. The first-order valence-electron chi connectivity index (χ1n) is 17.5. The molecule has 3 N–H and O–H groups in total. The second-order valence-electron chi connectivity index (χ2n) is 13.7. The van der Waals surface area contributed by atoms with Crippen LogP contribution in [0, 0.1) is 12.7 Å². The number of H-pyrrole nitrogens is 1. The van der Waals surface area contributed by atoms with E-state index in [1.807, 2.05) is 27.7 Å². The lowest BCUT2D eigenvalue weighted by Gasteiger charge is -2.36. The molecular formula is C37H43FN6O6. The zero-order valence-electron chi connectivity index (χ0n) is 28.4. The number of carbonyl (C=O) groups is 1. The molecule has 0 bridgehead atoms. The van der Waals surface area contributed by atoms with Gasteiger partial charge < -0.3 is 24.6 Å². The number of ether oxygens (including phenoxy) is 1. The molecule has 4 heterocycles. The largest absolute Gasteiger partial charge is 0.477 e. The van der Waals surface area contributed by atoms with Gasteiger partial charge in [0.05, 0.1) is 30.0 Å². The fraction of sp³-hybridized carbons (Fsp3) is 0.459. The van der Waals surface area contributed by atoms with Crippen molar-refractivity contribution in [2.24, 2.45) is 0 Å². The van der Waals surface area contributed by atoms with E-state index in [1.54, 1.807) is 6.07 Å². The number of hydrogen-bond acceptors (Lipinski definition) is 8. The number of rotatable bonds is 12. The number of aryl methyl sites for hydroxylation is 2. The first-order chi connectivity index (χ1) is 24.1. The number of hydrogen-bond donors (Lipinski definition) is 3. The minimum absolute atomic E-state index is 0.0614. The second kappa shape index (κ2) is 13.9. The summed E-state index contributed by atoms with van der Waals surface area (Å²) in [7, 11) is 0. The van der Waals surface area contributed by atoms with Gasteiger partial charge in [0.25, 0.3) is 5.56 Å². The second-order valence-corrected chi connectivity index (χ2v) is 13.7. The molecule has 13 heteroatoms. The van der Waals surface area contributed by atoms with Gasteiger partial charge in [-0.05, 0) is 81.0 Å². The monoisotopic (exact) mass is 686 g/mol. The van der Waals surface area contributed by atoms with E-state index in [2.05, 4.69) is 29.0 Å². The summed E-state index contributed by atoms with van der Waals surface area (Å²) in [4.78, 5) is 57.4. The van der Waals surface area contributed by atoms with Crippen LogP contribution in [-0.4, -0.2) is 75.0 Å². The number of nitrogens with zero attached hydrogens (tertiary/aromatic N) is 4. The Kier molecular flexibility index (Phi) is 9.36. The van der Waals surface area contributed by atoms with Crippen LogP contribution in [-0.2, 0) is 17.7 Å². The molecule has 12 nitrogen and oxygen atoms in total. The van der Waals surface area contributed by atoms with Crippen molar-refractivity contribution < 1.29 is 19.0 Å². The van der Waals surface area contributed by atoms with Crippen molar-refractivity contribution in [3.05, 3.63) is 96.2 Å². The molecule has 3 fully saturated rings. The van der Waals surface area contributed by atoms with Gasteiger partial charge in [-0.25, -0.2) is 14.0 Å². The van der Waals surface area contributed by atoms with Crippen LogP contribution in [0.4, 0.5) is 21.6 Å². The van der Waals surface area contributed by atoms with Gasteiger partial charge in [-0.3, -0.25) is 24.0 Å². The lowest BCUT2D eigenvalue weighted by atomic mass is 10.1. The normalized spacial score (nSPS) is 19.2. The molecule has 0 amide bonds. The molecule has 2 unspecified atom stereocenters. The van der Waals surface area contributed by atoms with E-state index in [4.69, 9.17) is 4.74 Å². The molecule has 3 aliphatic rings. The van der Waals surface area contributed by atoms with E-state index in [1.165, 1.54) is 34.0 Å². The Hall–Kier alpha value is -4.75. The van der Waals surface area contributed by atoms with E-state index in [0.717, 1.165) is 50.9 Å². The summed E-state index contributed by atoms with van der Waals surface area (Å²) in [5, 5.41) is 12.8. The summed E-state index contributed by atoms with van der Waals surface area (Å²) >= 11 is 0. The number of halogens is 1. The zero-order chi connectivity index (χ0) is 35.1. The number of pyridine rings is 1. The standard InChI is InChI=1S/C37H43FN6O6/c1-3-23-15-24(8-7-22(23)2)39-33-18-34(45)43(37(49)40-33)12-6-4-5-11-41-13-14-50-32-21-42(20-31(32)41)30-17-29-26(16-28(30)38)35(46)27(36(47)48)19-44(29)25-9-10-25/h7-8,15-19,25,31-32,39H,3-6,9-14,20-21H2,1-2H3,(H,40,49)(H,47,48). The number of carboxylic acid groups (broad SMARTS) is 1. The van der Waals surface area contributed by atoms with Gasteiger partial charge in [-0.1, -0.05) is 19.4 Å². The first-order valence-corrected chi connectivity index (χ1v) is 17.5. The van der Waals surface area contributed by atoms with Crippen molar-refractivity contribution in [2.75, 3.05) is 43.0 Å². The van der Waals surface area contributed by atoms with E-state index < -0.39 is 22.9 Å². The Morgan fingerprint density at radius 3 is 2.60 bits per heavy atom. The van der Waals surface area contributed by atoms with Crippen LogP contribution in [0.15, 0.2) is 57.0 Å². The number of fused-ring (bicyclic) bond motifs is 2. The van der Waals surface area contributed by atoms with Crippen LogP contribution in [0.3, 0.4) is 0 Å². The quantitative estimate of drug-likeness (QED) is 0.185. The van der Waals surface area contributed by atoms with Crippen LogP contribution in [0.5, 0.6) is 0 Å². The summed E-state index contributed by atoms with van der Waals surface area (Å²) in [6, 6.07) is 10.4. The molecule has 264 valence electrons. The van der Waals surface area contributed by atoms with Gasteiger partial charge in [0.15, 0.2) is 0 Å². The number of anilines is 3. The summed E-state index contributed by atoms with van der Waals surface area (Å²) < 4.78 is 24.8. The fourth-order valence-electron chi connectivity index (χ4n) is 7.49. The van der Waals surface area contributed by atoms with E-state index in [9.17, 15) is 24.3 Å². The smallest absolute Gasteiger partial charge is 0.341 e. The van der Waals surface area contributed by atoms with E-state index in [-0.39, 0.29) is 34.7 Å². The predicted octanol–water partition coefficient (Wildman–Crippen LogP) is 4.40. The highest BCUT2D eigenvalue weighted by atomic mass is 19.1. The number of aromatic carboxylic acids is 1. The molecule has 2 atom stereocenters. The number of aromatic nitrogens is 3. The number of aromatic amines is 1. The molecule has 0 radical (unpaired) electrons. The molecule has 7 rings (SSSR count).